The minimum absolute atomic E-state index is 0.541. The van der Waals surface area contributed by atoms with Crippen LogP contribution in [0.1, 0.15) is 19.5 Å². The molecule has 0 atom stereocenters. The molecule has 3 aromatic carbocycles. The van der Waals surface area contributed by atoms with Gasteiger partial charge in [0.15, 0.2) is 0 Å². The number of aliphatic hydroxyl groups is 1. The van der Waals surface area contributed by atoms with Crippen LogP contribution in [0, 0.1) is 0 Å². The van der Waals surface area contributed by atoms with Gasteiger partial charge in [0.1, 0.15) is 11.3 Å². The fraction of sp³-hybridized carbons (Fsp3) is 0.130. The molecule has 0 aliphatic rings. The van der Waals surface area contributed by atoms with Crippen LogP contribution in [-0.4, -0.2) is 24.7 Å². The lowest BCUT2D eigenvalue weighted by atomic mass is 10.1. The average molecular weight is 368 g/mol. The van der Waals surface area contributed by atoms with E-state index in [4.69, 9.17) is 0 Å². The molecule has 0 unspecified atom stereocenters. The Balaban J connectivity index is 1.62. The fourth-order valence-corrected chi connectivity index (χ4v) is 3.63. The minimum Gasteiger partial charge on any atom is -0.384 e. The van der Waals surface area contributed by atoms with Gasteiger partial charge in [-0.15, -0.1) is 5.10 Å². The van der Waals surface area contributed by atoms with Crippen molar-refractivity contribution in [1.29, 1.82) is 0 Å². The number of hydrogen-bond donors (Lipinski definition) is 1. The number of aromatic nitrogens is 4. The quantitative estimate of drug-likeness (QED) is 0.507. The lowest BCUT2D eigenvalue weighted by molar-refractivity contribution is 0.0737. The van der Waals surface area contributed by atoms with Gasteiger partial charge in [0, 0.05) is 16.5 Å². The molecule has 0 amide bonds. The molecule has 2 aromatic heterocycles. The van der Waals surface area contributed by atoms with Crippen molar-refractivity contribution in [3.63, 3.8) is 0 Å². The highest BCUT2D eigenvalue weighted by Gasteiger charge is 2.20. The molecule has 0 aliphatic heterocycles. The highest BCUT2D eigenvalue weighted by atomic mass is 16.3. The van der Waals surface area contributed by atoms with Gasteiger partial charge >= 0.3 is 0 Å². The highest BCUT2D eigenvalue weighted by molar-refractivity contribution is 6.09. The summed E-state index contributed by atoms with van der Waals surface area (Å²) in [5.41, 5.74) is 3.87. The van der Waals surface area contributed by atoms with Gasteiger partial charge in [0.25, 0.3) is 0 Å². The third kappa shape index (κ3) is 2.60. The van der Waals surface area contributed by atoms with Crippen LogP contribution < -0.4 is 0 Å². The Morgan fingerprint density at radius 3 is 1.82 bits per heavy atom. The second kappa shape index (κ2) is 6.04. The molecule has 5 nitrogen and oxygen atoms in total. The maximum absolute atomic E-state index is 10.1. The van der Waals surface area contributed by atoms with Gasteiger partial charge < -0.3 is 9.67 Å². The van der Waals surface area contributed by atoms with Crippen LogP contribution in [0.15, 0.2) is 79.0 Å². The van der Waals surface area contributed by atoms with Gasteiger partial charge in [-0.2, -0.15) is 0 Å². The second-order valence-corrected chi connectivity index (χ2v) is 7.49. The molecular formula is C23H20N4O. The van der Waals surface area contributed by atoms with Gasteiger partial charge in [0.2, 0.25) is 0 Å². The Labute approximate surface area is 162 Å². The summed E-state index contributed by atoms with van der Waals surface area (Å²) in [4.78, 5) is 0. The first-order valence-electron chi connectivity index (χ1n) is 9.26. The van der Waals surface area contributed by atoms with Crippen LogP contribution in [-0.2, 0) is 5.60 Å². The highest BCUT2D eigenvalue weighted by Crippen LogP contribution is 2.31. The summed E-state index contributed by atoms with van der Waals surface area (Å²) >= 11 is 0. The fourth-order valence-electron chi connectivity index (χ4n) is 3.63. The van der Waals surface area contributed by atoms with E-state index in [0.29, 0.717) is 5.69 Å². The van der Waals surface area contributed by atoms with Crippen LogP contribution in [0.25, 0.3) is 33.2 Å². The molecule has 5 aromatic rings. The largest absolute Gasteiger partial charge is 0.384 e. The molecule has 5 rings (SSSR count). The number of fused-ring (bicyclic) bond motifs is 3. The number of rotatable bonds is 3. The molecule has 1 N–H and O–H groups in total. The first-order valence-corrected chi connectivity index (χ1v) is 9.26. The molecule has 0 fully saturated rings. The Hall–Kier alpha value is -3.44. The molecule has 0 saturated carbocycles. The van der Waals surface area contributed by atoms with E-state index in [2.05, 4.69) is 75.5 Å². The maximum atomic E-state index is 10.1. The van der Waals surface area contributed by atoms with Crippen LogP contribution in [0.3, 0.4) is 0 Å². The van der Waals surface area contributed by atoms with E-state index < -0.39 is 5.60 Å². The van der Waals surface area contributed by atoms with Gasteiger partial charge in [-0.05, 0) is 50.2 Å². The topological polar surface area (TPSA) is 55.9 Å². The molecule has 138 valence electrons. The lowest BCUT2D eigenvalue weighted by Crippen LogP contribution is -2.15. The molecule has 0 bridgehead atoms. The molecule has 0 saturated heterocycles. The standard InChI is InChI=1S/C23H20N4O/c1-23(2,28)22-15-26(25-24-22)16-11-13-17(14-12-16)27-20-9-5-3-7-18(20)19-8-4-6-10-21(19)27/h3-15,28H,1-2H3. The van der Waals surface area contributed by atoms with Crippen LogP contribution >= 0.6 is 0 Å². The molecule has 0 spiro atoms. The summed E-state index contributed by atoms with van der Waals surface area (Å²) in [5, 5.41) is 20.8. The molecule has 2 heterocycles. The van der Waals surface area contributed by atoms with E-state index >= 15 is 0 Å². The van der Waals surface area contributed by atoms with Gasteiger partial charge in [-0.1, -0.05) is 41.6 Å². The molecule has 5 heteroatoms. The monoisotopic (exact) mass is 368 g/mol. The zero-order chi connectivity index (χ0) is 19.3. The van der Waals surface area contributed by atoms with Gasteiger partial charge in [-0.3, -0.25) is 0 Å². The number of benzene rings is 3. The first-order chi connectivity index (χ1) is 13.5. The molecular weight excluding hydrogens is 348 g/mol. The van der Waals surface area contributed by atoms with Crippen molar-refractivity contribution in [3.05, 3.63) is 84.7 Å². The Bertz CT molecular complexity index is 1240. The first kappa shape index (κ1) is 16.7. The summed E-state index contributed by atoms with van der Waals surface area (Å²) in [6.45, 7) is 3.40. The van der Waals surface area contributed by atoms with Crippen molar-refractivity contribution in [1.82, 2.24) is 19.6 Å². The number of para-hydroxylation sites is 2. The predicted octanol–water partition coefficient (Wildman–Crippen LogP) is 4.59. The van der Waals surface area contributed by atoms with Gasteiger partial charge in [-0.25, -0.2) is 4.68 Å². The minimum atomic E-state index is -1.01. The zero-order valence-corrected chi connectivity index (χ0v) is 15.7. The lowest BCUT2D eigenvalue weighted by Gasteiger charge is -2.12. The maximum Gasteiger partial charge on any atom is 0.114 e. The van der Waals surface area contributed by atoms with Crippen molar-refractivity contribution in [3.8, 4) is 11.4 Å². The van der Waals surface area contributed by atoms with E-state index in [1.165, 1.54) is 21.8 Å². The Kier molecular flexibility index (Phi) is 3.60. The van der Waals surface area contributed by atoms with E-state index in [1.807, 2.05) is 12.1 Å². The predicted molar refractivity (Wildman–Crippen MR) is 111 cm³/mol. The second-order valence-electron chi connectivity index (χ2n) is 7.49. The van der Waals surface area contributed by atoms with E-state index in [0.717, 1.165) is 11.4 Å². The summed E-state index contributed by atoms with van der Waals surface area (Å²) < 4.78 is 3.96. The van der Waals surface area contributed by atoms with E-state index in [-0.39, 0.29) is 0 Å². The normalized spacial score (nSPS) is 12.1. The summed E-state index contributed by atoms with van der Waals surface area (Å²) in [6, 6.07) is 25.1. The van der Waals surface area contributed by atoms with Crippen molar-refractivity contribution >= 4 is 21.8 Å². The molecule has 0 aliphatic carbocycles. The van der Waals surface area contributed by atoms with Crippen LogP contribution in [0.5, 0.6) is 0 Å². The van der Waals surface area contributed by atoms with Crippen LogP contribution in [0.2, 0.25) is 0 Å². The van der Waals surface area contributed by atoms with E-state index in [9.17, 15) is 5.11 Å². The average Bonchev–Trinajstić information content (AvgIpc) is 3.32. The van der Waals surface area contributed by atoms with Crippen LogP contribution in [0.4, 0.5) is 0 Å². The third-order valence-corrected chi connectivity index (χ3v) is 5.07. The third-order valence-electron chi connectivity index (χ3n) is 5.07. The summed E-state index contributed by atoms with van der Waals surface area (Å²) in [6.07, 6.45) is 1.76. The smallest absolute Gasteiger partial charge is 0.114 e. The number of nitrogens with zero attached hydrogens (tertiary/aromatic N) is 4. The van der Waals surface area contributed by atoms with Crippen molar-refractivity contribution in [2.45, 2.75) is 19.4 Å². The summed E-state index contributed by atoms with van der Waals surface area (Å²) in [5.74, 6) is 0. The van der Waals surface area contributed by atoms with E-state index in [1.54, 1.807) is 24.7 Å². The molecule has 28 heavy (non-hydrogen) atoms. The zero-order valence-electron chi connectivity index (χ0n) is 15.7. The Morgan fingerprint density at radius 2 is 1.29 bits per heavy atom. The Morgan fingerprint density at radius 1 is 0.750 bits per heavy atom. The number of hydrogen-bond acceptors (Lipinski definition) is 3. The SMILES string of the molecule is CC(C)(O)c1cn(-c2ccc(-n3c4ccccc4c4ccccc43)cc2)nn1. The van der Waals surface area contributed by atoms with Crippen molar-refractivity contribution in [2.75, 3.05) is 0 Å². The summed E-state index contributed by atoms with van der Waals surface area (Å²) in [7, 11) is 0. The van der Waals surface area contributed by atoms with Crippen molar-refractivity contribution < 1.29 is 5.11 Å². The van der Waals surface area contributed by atoms with Crippen molar-refractivity contribution in [2.24, 2.45) is 0 Å². The molecule has 0 radical (unpaired) electrons. The van der Waals surface area contributed by atoms with Gasteiger partial charge in [0.05, 0.1) is 22.9 Å².